The van der Waals surface area contributed by atoms with Crippen molar-refractivity contribution in [1.82, 2.24) is 20.5 Å². The van der Waals surface area contributed by atoms with Gasteiger partial charge in [0.25, 0.3) is 0 Å². The predicted octanol–water partition coefficient (Wildman–Crippen LogP) is 2.33. The third kappa shape index (κ3) is 5.31. The maximum absolute atomic E-state index is 13.1. The molecule has 168 valence electrons. The van der Waals surface area contributed by atoms with Crippen LogP contribution < -0.4 is 10.6 Å². The number of aromatic nitrogens is 1. The lowest BCUT2D eigenvalue weighted by Crippen LogP contribution is -2.55. The zero-order chi connectivity index (χ0) is 22.8. The molecule has 2 heterocycles. The topological polar surface area (TPSA) is 94.6 Å². The molecule has 31 heavy (non-hydrogen) atoms. The first-order valence-electron chi connectivity index (χ1n) is 10.5. The number of carbonyl (C=O) groups excluding carboxylic acids is 2. The Morgan fingerprint density at radius 2 is 1.97 bits per heavy atom. The van der Waals surface area contributed by atoms with Gasteiger partial charge in [-0.3, -0.25) is 9.59 Å². The highest BCUT2D eigenvalue weighted by Crippen LogP contribution is 2.28. The first-order chi connectivity index (χ1) is 14.6. The predicted molar refractivity (Wildman–Crippen MR) is 123 cm³/mol. The lowest BCUT2D eigenvalue weighted by Gasteiger charge is -2.34. The Morgan fingerprint density at radius 3 is 2.52 bits per heavy atom. The number of aliphatic hydroxyl groups excluding tert-OH is 1. The number of thiazole rings is 1. The van der Waals surface area contributed by atoms with E-state index in [0.717, 1.165) is 21.7 Å². The van der Waals surface area contributed by atoms with Crippen molar-refractivity contribution >= 4 is 23.2 Å². The highest BCUT2D eigenvalue weighted by atomic mass is 32.1. The fourth-order valence-electron chi connectivity index (χ4n) is 4.06. The van der Waals surface area contributed by atoms with Crippen molar-refractivity contribution in [2.75, 3.05) is 13.6 Å². The molecule has 7 nitrogen and oxygen atoms in total. The number of amides is 2. The van der Waals surface area contributed by atoms with Crippen molar-refractivity contribution in [2.24, 2.45) is 5.41 Å². The number of aryl methyl sites for hydroxylation is 1. The minimum atomic E-state index is -0.695. The molecule has 2 amide bonds. The third-order valence-electron chi connectivity index (χ3n) is 5.69. The van der Waals surface area contributed by atoms with E-state index in [1.807, 2.05) is 57.5 Å². The van der Waals surface area contributed by atoms with Gasteiger partial charge in [0.15, 0.2) is 0 Å². The Kier molecular flexibility index (Phi) is 7.13. The Balaban J connectivity index is 1.65. The lowest BCUT2D eigenvalue weighted by molar-refractivity contribution is -0.142. The average Bonchev–Trinajstić information content (AvgIpc) is 3.31. The van der Waals surface area contributed by atoms with Crippen molar-refractivity contribution in [3.63, 3.8) is 0 Å². The molecule has 0 radical (unpaired) electrons. The fourth-order valence-corrected chi connectivity index (χ4v) is 4.87. The summed E-state index contributed by atoms with van der Waals surface area (Å²) in [5.74, 6) is -0.396. The molecule has 3 rings (SSSR count). The molecular formula is C23H32N4O3S. The lowest BCUT2D eigenvalue weighted by atomic mass is 9.86. The van der Waals surface area contributed by atoms with Gasteiger partial charge < -0.3 is 20.6 Å². The van der Waals surface area contributed by atoms with Crippen molar-refractivity contribution < 1.29 is 14.7 Å². The number of likely N-dealkylation sites (tertiary alicyclic amines) is 1. The Hall–Kier alpha value is -2.29. The molecule has 0 bridgehead atoms. The normalized spacial score (nSPS) is 20.0. The summed E-state index contributed by atoms with van der Waals surface area (Å²) in [6.07, 6.45) is -0.444. The summed E-state index contributed by atoms with van der Waals surface area (Å²) in [6.45, 7) is 8.46. The number of benzene rings is 1. The van der Waals surface area contributed by atoms with Crippen molar-refractivity contribution in [3.8, 4) is 10.4 Å². The van der Waals surface area contributed by atoms with Crippen LogP contribution in [0.5, 0.6) is 0 Å². The van der Waals surface area contributed by atoms with Crippen LogP contribution in [0.3, 0.4) is 0 Å². The van der Waals surface area contributed by atoms with Crippen LogP contribution >= 0.6 is 11.3 Å². The van der Waals surface area contributed by atoms with Crippen molar-refractivity contribution in [1.29, 1.82) is 0 Å². The molecule has 1 aliphatic heterocycles. The summed E-state index contributed by atoms with van der Waals surface area (Å²) in [5.41, 5.74) is 4.61. The van der Waals surface area contributed by atoms with Crippen LogP contribution in [0.1, 0.15) is 38.4 Å². The van der Waals surface area contributed by atoms with Gasteiger partial charge in [0.05, 0.1) is 28.2 Å². The summed E-state index contributed by atoms with van der Waals surface area (Å²) in [7, 11) is 1.74. The molecule has 0 saturated carbocycles. The quantitative estimate of drug-likeness (QED) is 0.636. The molecule has 1 unspecified atom stereocenters. The van der Waals surface area contributed by atoms with Gasteiger partial charge in [-0.15, -0.1) is 11.3 Å². The maximum atomic E-state index is 13.1. The standard InChI is InChI=1S/C23H32N4O3S/c1-14-19(31-13-26-14)16-8-6-15(7-9-16)11-25-21(29)18-10-17(28)12-27(18)22(30)20(24-5)23(2,3)4/h6-9,13,17-18,20,24,28H,10-12H2,1-5H3,(H,25,29)/t17-,18+,20?/m1/s1. The monoisotopic (exact) mass is 444 g/mol. The van der Waals surface area contributed by atoms with Gasteiger partial charge in [-0.2, -0.15) is 0 Å². The minimum Gasteiger partial charge on any atom is -0.391 e. The van der Waals surface area contributed by atoms with E-state index < -0.39 is 18.2 Å². The molecule has 0 spiro atoms. The summed E-state index contributed by atoms with van der Waals surface area (Å²) in [4.78, 5) is 32.9. The summed E-state index contributed by atoms with van der Waals surface area (Å²) in [6, 6.07) is 6.92. The van der Waals surface area contributed by atoms with Gasteiger partial charge >= 0.3 is 0 Å². The van der Waals surface area contributed by atoms with Crippen LogP contribution in [0.15, 0.2) is 29.8 Å². The molecule has 0 aliphatic carbocycles. The third-order valence-corrected chi connectivity index (χ3v) is 6.67. The number of nitrogens with zero attached hydrogens (tertiary/aromatic N) is 2. The van der Waals surface area contributed by atoms with Crippen LogP contribution in [0.4, 0.5) is 0 Å². The van der Waals surface area contributed by atoms with E-state index in [4.69, 9.17) is 0 Å². The molecule has 1 fully saturated rings. The largest absolute Gasteiger partial charge is 0.391 e. The molecule has 1 aliphatic rings. The molecular weight excluding hydrogens is 412 g/mol. The average molecular weight is 445 g/mol. The first kappa shape index (κ1) is 23.4. The highest BCUT2D eigenvalue weighted by Gasteiger charge is 2.43. The molecule has 1 saturated heterocycles. The van der Waals surface area contributed by atoms with E-state index in [-0.39, 0.29) is 30.2 Å². The molecule has 8 heteroatoms. The van der Waals surface area contributed by atoms with E-state index in [1.54, 1.807) is 18.4 Å². The highest BCUT2D eigenvalue weighted by molar-refractivity contribution is 7.13. The van der Waals surface area contributed by atoms with Gasteiger partial charge in [0.1, 0.15) is 6.04 Å². The van der Waals surface area contributed by atoms with Gasteiger partial charge in [-0.25, -0.2) is 4.98 Å². The van der Waals surface area contributed by atoms with Gasteiger partial charge in [-0.1, -0.05) is 45.0 Å². The van der Waals surface area contributed by atoms with E-state index >= 15 is 0 Å². The number of hydrogen-bond donors (Lipinski definition) is 3. The Bertz CT molecular complexity index is 920. The number of nitrogens with one attached hydrogen (secondary N) is 2. The van der Waals surface area contributed by atoms with Crippen LogP contribution in [0.25, 0.3) is 10.4 Å². The second-order valence-corrected chi connectivity index (χ2v) is 10.0. The Morgan fingerprint density at radius 1 is 1.29 bits per heavy atom. The smallest absolute Gasteiger partial charge is 0.243 e. The summed E-state index contributed by atoms with van der Waals surface area (Å²) >= 11 is 1.61. The molecule has 1 aromatic heterocycles. The minimum absolute atomic E-state index is 0.156. The fraction of sp³-hybridized carbons (Fsp3) is 0.522. The first-order valence-corrected chi connectivity index (χ1v) is 11.4. The number of likely N-dealkylation sites (N-methyl/N-ethyl adjacent to an activating group) is 1. The van der Waals surface area contributed by atoms with Crippen LogP contribution in [-0.2, 0) is 16.1 Å². The zero-order valence-corrected chi connectivity index (χ0v) is 19.6. The number of aliphatic hydroxyl groups is 1. The second-order valence-electron chi connectivity index (χ2n) is 9.17. The number of hydrogen-bond acceptors (Lipinski definition) is 6. The molecule has 1 aromatic carbocycles. The second kappa shape index (κ2) is 9.46. The van der Waals surface area contributed by atoms with Gasteiger partial charge in [0, 0.05) is 19.5 Å². The SMILES string of the molecule is CNC(C(=O)N1C[C@H](O)C[C@H]1C(=O)NCc1ccc(-c2scnc2C)cc1)C(C)(C)C. The van der Waals surface area contributed by atoms with Crippen LogP contribution in [-0.4, -0.2) is 58.6 Å². The number of β-amino-alcohol motifs (C(OH)–C–C–N with tert-alkyl or cyclic N) is 1. The number of carbonyl (C=O) groups is 2. The van der Waals surface area contributed by atoms with Crippen LogP contribution in [0, 0.1) is 12.3 Å². The van der Waals surface area contributed by atoms with Gasteiger partial charge in [0.2, 0.25) is 11.8 Å². The Labute approximate surface area is 187 Å². The van der Waals surface area contributed by atoms with E-state index in [1.165, 1.54) is 4.90 Å². The summed E-state index contributed by atoms with van der Waals surface area (Å²) in [5, 5.41) is 16.2. The van der Waals surface area contributed by atoms with Crippen LogP contribution in [0.2, 0.25) is 0 Å². The molecule has 3 N–H and O–H groups in total. The maximum Gasteiger partial charge on any atom is 0.243 e. The zero-order valence-electron chi connectivity index (χ0n) is 18.8. The van der Waals surface area contributed by atoms with Crippen molar-refractivity contribution in [3.05, 3.63) is 41.0 Å². The van der Waals surface area contributed by atoms with E-state index in [0.29, 0.717) is 6.54 Å². The van der Waals surface area contributed by atoms with E-state index in [9.17, 15) is 14.7 Å². The van der Waals surface area contributed by atoms with E-state index in [2.05, 4.69) is 15.6 Å². The summed E-state index contributed by atoms with van der Waals surface area (Å²) < 4.78 is 0. The van der Waals surface area contributed by atoms with Crippen molar-refractivity contribution in [2.45, 2.75) is 58.8 Å². The number of rotatable bonds is 6. The molecule has 3 atom stereocenters. The molecule has 2 aromatic rings. The van der Waals surface area contributed by atoms with Gasteiger partial charge in [-0.05, 0) is 30.5 Å².